The minimum atomic E-state index is -5.05. The molecule has 0 saturated carbocycles. The van der Waals surface area contributed by atoms with Gasteiger partial charge in [0.05, 0.1) is 17.1 Å². The molecule has 0 radical (unpaired) electrons. The van der Waals surface area contributed by atoms with Crippen LogP contribution in [0.25, 0.3) is 10.9 Å². The van der Waals surface area contributed by atoms with Crippen molar-refractivity contribution in [2.24, 2.45) is 0 Å². The number of hydrogen-bond donors (Lipinski definition) is 0. The average Bonchev–Trinajstić information content (AvgIpc) is 2.99. The molecule has 0 N–H and O–H groups in total. The quantitative estimate of drug-likeness (QED) is 0.296. The number of likely N-dealkylation sites (tertiary alicyclic amines) is 1. The number of carbonyl (C=O) groups excluding carboxylic acids is 2. The van der Waals surface area contributed by atoms with E-state index in [-0.39, 0.29) is 31.8 Å². The molecule has 1 aliphatic heterocycles. The molecule has 3 aromatic carbocycles. The highest BCUT2D eigenvalue weighted by molar-refractivity contribution is 5.95. The number of rotatable bonds is 6. The Morgan fingerprint density at radius 1 is 1.00 bits per heavy atom. The summed E-state index contributed by atoms with van der Waals surface area (Å²) < 4.78 is 41.8. The molecule has 0 spiro atoms. The van der Waals surface area contributed by atoms with Crippen molar-refractivity contribution in [1.29, 1.82) is 5.26 Å². The summed E-state index contributed by atoms with van der Waals surface area (Å²) in [5.41, 5.74) is 2.81. The molecule has 0 aliphatic carbocycles. The zero-order valence-electron chi connectivity index (χ0n) is 22.1. The van der Waals surface area contributed by atoms with E-state index < -0.39 is 24.2 Å². The van der Waals surface area contributed by atoms with Crippen molar-refractivity contribution in [1.82, 2.24) is 14.8 Å². The minimum Gasteiger partial charge on any atom is -0.335 e. The minimum absolute atomic E-state index is 0.163. The number of carbonyl (C=O) groups is 2. The predicted molar refractivity (Wildman–Crippen MR) is 147 cm³/mol. The fourth-order valence-electron chi connectivity index (χ4n) is 5.55. The summed E-state index contributed by atoms with van der Waals surface area (Å²) in [4.78, 5) is 33.3. The molecule has 6 nitrogen and oxygen atoms in total. The van der Waals surface area contributed by atoms with Gasteiger partial charge in [0, 0.05) is 42.3 Å². The van der Waals surface area contributed by atoms with Gasteiger partial charge in [0.1, 0.15) is 0 Å². The van der Waals surface area contributed by atoms with Gasteiger partial charge in [-0.2, -0.15) is 18.4 Å². The molecule has 1 fully saturated rings. The van der Waals surface area contributed by atoms with E-state index in [0.29, 0.717) is 34.0 Å². The van der Waals surface area contributed by atoms with E-state index in [4.69, 9.17) is 0 Å². The molecule has 1 aliphatic rings. The van der Waals surface area contributed by atoms with Gasteiger partial charge in [-0.3, -0.25) is 14.6 Å². The molecule has 41 heavy (non-hydrogen) atoms. The van der Waals surface area contributed by atoms with Crippen LogP contribution in [0.15, 0.2) is 91.1 Å². The first-order chi connectivity index (χ1) is 19.7. The third-order valence-corrected chi connectivity index (χ3v) is 7.53. The first-order valence-corrected chi connectivity index (χ1v) is 13.3. The summed E-state index contributed by atoms with van der Waals surface area (Å²) in [5, 5.41) is 9.97. The van der Waals surface area contributed by atoms with E-state index in [1.165, 1.54) is 12.3 Å². The van der Waals surface area contributed by atoms with Crippen LogP contribution in [0.1, 0.15) is 39.9 Å². The Hall–Kier alpha value is -4.71. The summed E-state index contributed by atoms with van der Waals surface area (Å²) in [6.07, 6.45) is -2.76. The van der Waals surface area contributed by atoms with Gasteiger partial charge in [-0.1, -0.05) is 54.6 Å². The summed E-state index contributed by atoms with van der Waals surface area (Å²) in [6, 6.07) is 25.4. The molecule has 2 amide bonds. The van der Waals surface area contributed by atoms with Gasteiger partial charge in [-0.15, -0.1) is 0 Å². The SMILES string of the molecule is N#Cc1cccc(C(=O)N2CCC(N(Cc3ccnc4ccccc34)C(=O)C(F)(F)F)CC2Cc2ccccc2)c1. The number of nitriles is 1. The molecule has 208 valence electrons. The first-order valence-electron chi connectivity index (χ1n) is 13.3. The molecule has 0 bridgehead atoms. The molecule has 9 heteroatoms. The van der Waals surface area contributed by atoms with Gasteiger partial charge in [-0.05, 0) is 60.7 Å². The summed E-state index contributed by atoms with van der Waals surface area (Å²) >= 11 is 0. The molecule has 1 aromatic heterocycles. The maximum absolute atomic E-state index is 13.9. The number of halogens is 3. The highest BCUT2D eigenvalue weighted by Gasteiger charge is 2.46. The second kappa shape index (κ2) is 11.8. The van der Waals surface area contributed by atoms with E-state index >= 15 is 0 Å². The molecule has 4 aromatic rings. The standard InChI is InChI=1S/C32H27F3N4O2/c33-32(34,35)31(41)39(21-25-13-15-37-29-12-5-4-11-28(25)29)26-14-16-38(27(19-26)18-22-7-2-1-3-8-22)30(40)24-10-6-9-23(17-24)20-36/h1-13,15,17,26-27H,14,16,18-19,21H2. The Kier molecular flexibility index (Phi) is 8.02. The van der Waals surface area contributed by atoms with Crippen molar-refractivity contribution in [2.75, 3.05) is 6.54 Å². The van der Waals surface area contributed by atoms with Crippen LogP contribution in [0.4, 0.5) is 13.2 Å². The lowest BCUT2D eigenvalue weighted by Gasteiger charge is -2.44. The monoisotopic (exact) mass is 556 g/mol. The van der Waals surface area contributed by atoms with Gasteiger partial charge in [0.25, 0.3) is 5.91 Å². The van der Waals surface area contributed by atoms with Crippen LogP contribution in [0.2, 0.25) is 0 Å². The predicted octanol–water partition coefficient (Wildman–Crippen LogP) is 5.91. The van der Waals surface area contributed by atoms with Crippen LogP contribution in [0.5, 0.6) is 0 Å². The van der Waals surface area contributed by atoms with Crippen molar-refractivity contribution in [3.63, 3.8) is 0 Å². The lowest BCUT2D eigenvalue weighted by atomic mass is 9.90. The maximum atomic E-state index is 13.9. The molecule has 2 unspecified atom stereocenters. The number of para-hydroxylation sites is 1. The average molecular weight is 557 g/mol. The van der Waals surface area contributed by atoms with Gasteiger partial charge in [-0.25, -0.2) is 0 Å². The Bertz CT molecular complexity index is 1590. The Morgan fingerprint density at radius 2 is 1.76 bits per heavy atom. The number of pyridine rings is 1. The fourth-order valence-corrected chi connectivity index (χ4v) is 5.55. The molecule has 2 heterocycles. The number of amides is 2. The lowest BCUT2D eigenvalue weighted by molar-refractivity contribution is -0.189. The van der Waals surface area contributed by atoms with Crippen molar-refractivity contribution < 1.29 is 22.8 Å². The lowest BCUT2D eigenvalue weighted by Crippen LogP contribution is -2.55. The number of benzene rings is 3. The summed E-state index contributed by atoms with van der Waals surface area (Å²) in [6.45, 7) is -0.0707. The van der Waals surface area contributed by atoms with Crippen molar-refractivity contribution in [3.05, 3.63) is 113 Å². The molecule has 2 atom stereocenters. The van der Waals surface area contributed by atoms with Gasteiger partial charge < -0.3 is 9.80 Å². The van der Waals surface area contributed by atoms with Crippen molar-refractivity contribution in [3.8, 4) is 6.07 Å². The molecule has 1 saturated heterocycles. The Balaban J connectivity index is 1.48. The fraction of sp³-hybridized carbons (Fsp3) is 0.250. The highest BCUT2D eigenvalue weighted by atomic mass is 19.4. The third-order valence-electron chi connectivity index (χ3n) is 7.53. The second-order valence-corrected chi connectivity index (χ2v) is 10.1. The number of alkyl halides is 3. The van der Waals surface area contributed by atoms with Crippen LogP contribution in [-0.4, -0.2) is 51.4 Å². The second-order valence-electron chi connectivity index (χ2n) is 10.1. The Morgan fingerprint density at radius 3 is 2.51 bits per heavy atom. The number of aromatic nitrogens is 1. The highest BCUT2D eigenvalue weighted by Crippen LogP contribution is 2.31. The number of fused-ring (bicyclic) bond motifs is 1. The van der Waals surface area contributed by atoms with E-state index in [1.54, 1.807) is 53.4 Å². The van der Waals surface area contributed by atoms with Crippen LogP contribution in [0, 0.1) is 11.3 Å². The van der Waals surface area contributed by atoms with Crippen LogP contribution in [0.3, 0.4) is 0 Å². The summed E-state index contributed by atoms with van der Waals surface area (Å²) in [7, 11) is 0. The number of hydrogen-bond acceptors (Lipinski definition) is 4. The topological polar surface area (TPSA) is 77.3 Å². The van der Waals surface area contributed by atoms with Crippen LogP contribution in [-0.2, 0) is 17.8 Å². The third kappa shape index (κ3) is 6.22. The Labute approximate surface area is 235 Å². The van der Waals surface area contributed by atoms with E-state index in [1.807, 2.05) is 36.4 Å². The number of nitrogens with zero attached hydrogens (tertiary/aromatic N) is 4. The van der Waals surface area contributed by atoms with E-state index in [9.17, 15) is 28.0 Å². The van der Waals surface area contributed by atoms with Gasteiger partial charge in [0.15, 0.2) is 0 Å². The normalized spacial score (nSPS) is 17.2. The first kappa shape index (κ1) is 27.8. The molecular formula is C32H27F3N4O2. The maximum Gasteiger partial charge on any atom is 0.471 e. The van der Waals surface area contributed by atoms with Crippen molar-refractivity contribution in [2.45, 2.75) is 44.1 Å². The molecular weight excluding hydrogens is 529 g/mol. The van der Waals surface area contributed by atoms with Gasteiger partial charge in [0.2, 0.25) is 0 Å². The zero-order valence-corrected chi connectivity index (χ0v) is 22.1. The van der Waals surface area contributed by atoms with Crippen LogP contribution >= 0.6 is 0 Å². The molecule has 5 rings (SSSR count). The van der Waals surface area contributed by atoms with E-state index in [0.717, 1.165) is 10.5 Å². The number of piperidine rings is 1. The largest absolute Gasteiger partial charge is 0.471 e. The van der Waals surface area contributed by atoms with Crippen LogP contribution < -0.4 is 0 Å². The van der Waals surface area contributed by atoms with Crippen molar-refractivity contribution >= 4 is 22.7 Å². The van der Waals surface area contributed by atoms with E-state index in [2.05, 4.69) is 4.98 Å². The van der Waals surface area contributed by atoms with Gasteiger partial charge >= 0.3 is 12.1 Å². The summed E-state index contributed by atoms with van der Waals surface area (Å²) in [5.74, 6) is -2.20. The zero-order chi connectivity index (χ0) is 29.0. The smallest absolute Gasteiger partial charge is 0.335 e.